The highest BCUT2D eigenvalue weighted by molar-refractivity contribution is 5.55. The minimum absolute atomic E-state index is 0.00933. The molecule has 0 atom stereocenters. The quantitative estimate of drug-likeness (QED) is 0.464. The van der Waals surface area contributed by atoms with Gasteiger partial charge in [-0.3, -0.25) is 15.5 Å². The van der Waals surface area contributed by atoms with Gasteiger partial charge < -0.3 is 4.74 Å². The van der Waals surface area contributed by atoms with Gasteiger partial charge in [0, 0.05) is 12.1 Å². The first-order chi connectivity index (χ1) is 10.7. The summed E-state index contributed by atoms with van der Waals surface area (Å²) in [4.78, 5) is 13.9. The fourth-order valence-electron chi connectivity index (χ4n) is 1.61. The number of rotatable bonds is 5. The Morgan fingerprint density at radius 1 is 1.27 bits per heavy atom. The van der Waals surface area contributed by atoms with Crippen molar-refractivity contribution >= 4 is 11.4 Å². The van der Waals surface area contributed by atoms with Crippen molar-refractivity contribution in [1.82, 2.24) is 0 Å². The number of non-ortho nitro benzene ring substituents is 1. The third kappa shape index (κ3) is 4.08. The zero-order chi connectivity index (χ0) is 15.8. The van der Waals surface area contributed by atoms with Crippen molar-refractivity contribution < 1.29 is 9.66 Å². The molecule has 0 aliphatic rings. The van der Waals surface area contributed by atoms with Crippen LogP contribution in [0.15, 0.2) is 61.2 Å². The van der Waals surface area contributed by atoms with E-state index in [2.05, 4.69) is 23.0 Å². The molecule has 6 nitrogen and oxygen atoms in total. The second kappa shape index (κ2) is 7.45. The molecule has 0 amide bonds. The van der Waals surface area contributed by atoms with Gasteiger partial charge in [-0.1, -0.05) is 47.6 Å². The summed E-state index contributed by atoms with van der Waals surface area (Å²) in [6, 6.07) is 15.8. The summed E-state index contributed by atoms with van der Waals surface area (Å²) in [5.74, 6) is 0.630. The van der Waals surface area contributed by atoms with Crippen molar-refractivity contribution in [1.29, 1.82) is 0 Å². The van der Waals surface area contributed by atoms with Crippen LogP contribution in [0.5, 0.6) is 5.75 Å². The van der Waals surface area contributed by atoms with Gasteiger partial charge in [0.25, 0.3) is 5.69 Å². The molecule has 0 aliphatic carbocycles. The summed E-state index contributed by atoms with van der Waals surface area (Å²) >= 11 is 0. The molecule has 0 N–H and O–H groups in total. The molecule has 110 valence electrons. The van der Waals surface area contributed by atoms with Crippen molar-refractivity contribution in [3.63, 3.8) is 0 Å². The maximum absolute atomic E-state index is 10.6. The Labute approximate surface area is 127 Å². The van der Waals surface area contributed by atoms with E-state index in [1.54, 1.807) is 18.2 Å². The lowest BCUT2D eigenvalue weighted by atomic mass is 10.2. The van der Waals surface area contributed by atoms with Crippen LogP contribution in [0.25, 0.3) is 10.4 Å². The molecule has 0 unspecified atom stereocenters. The maximum Gasteiger partial charge on any atom is 0.313 e. The van der Waals surface area contributed by atoms with Gasteiger partial charge in [-0.2, -0.15) is 0 Å². The van der Waals surface area contributed by atoms with E-state index in [1.165, 1.54) is 24.3 Å². The molecule has 2 rings (SSSR count). The molecule has 0 aliphatic heterocycles. The number of ether oxygens (including phenoxy) is 1. The van der Waals surface area contributed by atoms with Crippen LogP contribution in [0.1, 0.15) is 5.56 Å². The van der Waals surface area contributed by atoms with E-state index >= 15 is 0 Å². The lowest BCUT2D eigenvalue weighted by molar-refractivity contribution is -0.384. The minimum Gasteiger partial charge on any atom is -0.488 e. The van der Waals surface area contributed by atoms with Gasteiger partial charge in [-0.05, 0) is 12.1 Å². The number of nitrogens with zero attached hydrogens (tertiary/aromatic N) is 3. The number of nitro groups is 1. The van der Waals surface area contributed by atoms with Crippen LogP contribution < -0.4 is 4.74 Å². The van der Waals surface area contributed by atoms with E-state index in [0.29, 0.717) is 23.6 Å². The fourth-order valence-corrected chi connectivity index (χ4v) is 1.61. The van der Waals surface area contributed by atoms with Gasteiger partial charge >= 0.3 is 6.07 Å². The monoisotopic (exact) mass is 295 g/mol. The number of hydrogen-bond donors (Lipinski definition) is 0. The molecule has 2 aromatic rings. The average Bonchev–Trinajstić information content (AvgIpc) is 2.54. The second-order valence-corrected chi connectivity index (χ2v) is 4.18. The van der Waals surface area contributed by atoms with Gasteiger partial charge in [0.2, 0.25) is 0 Å². The first kappa shape index (κ1) is 15.1. The fraction of sp³-hybridized carbons (Fsp3) is 0.0625. The Kier molecular flexibility index (Phi) is 5.10. The van der Waals surface area contributed by atoms with E-state index in [4.69, 9.17) is 4.74 Å². The van der Waals surface area contributed by atoms with Crippen LogP contribution in [-0.2, 0) is 0 Å². The lowest BCUT2D eigenvalue weighted by Gasteiger charge is -2.03. The Bertz CT molecular complexity index is 730. The standard InChI is InChI=1S/C16H13N3O3/c1-2-11-22-16-6-4-3-5-13(16)12-17-18-14-7-9-15(10-8-14)19(20)21/h2-10H,1,11H2. The van der Waals surface area contributed by atoms with E-state index < -0.39 is 4.92 Å². The van der Waals surface area contributed by atoms with Crippen LogP contribution in [0.4, 0.5) is 11.4 Å². The first-order valence-electron chi connectivity index (χ1n) is 6.44. The highest BCUT2D eigenvalue weighted by atomic mass is 16.6. The van der Waals surface area contributed by atoms with Crippen LogP contribution >= 0.6 is 0 Å². The average molecular weight is 295 g/mol. The molecule has 2 aromatic carbocycles. The molecular formula is C16H13N3O3. The second-order valence-electron chi connectivity index (χ2n) is 4.18. The molecule has 0 spiro atoms. The third-order valence-electron chi connectivity index (χ3n) is 2.64. The summed E-state index contributed by atoms with van der Waals surface area (Å²) in [6.45, 7) is 3.98. The normalized spacial score (nSPS) is 9.27. The Balaban J connectivity index is 2.07. The Morgan fingerprint density at radius 2 is 2.00 bits per heavy atom. The van der Waals surface area contributed by atoms with Gasteiger partial charge in [-0.15, -0.1) is 0 Å². The molecule has 22 heavy (non-hydrogen) atoms. The molecule has 0 bridgehead atoms. The number of hydrogen-bond acceptors (Lipinski definition) is 3. The minimum atomic E-state index is -0.466. The topological polar surface area (TPSA) is 70.8 Å². The predicted molar refractivity (Wildman–Crippen MR) is 84.6 cm³/mol. The molecule has 0 fully saturated rings. The summed E-state index contributed by atoms with van der Waals surface area (Å²) in [5, 5.41) is 10.6. The lowest BCUT2D eigenvalue weighted by Crippen LogP contribution is -1.94. The molecule has 0 saturated heterocycles. The highest BCUT2D eigenvalue weighted by Gasteiger charge is 2.04. The summed E-state index contributed by atoms with van der Waals surface area (Å²) in [5.41, 5.74) is 5.11. The van der Waals surface area contributed by atoms with E-state index in [1.807, 2.05) is 12.1 Å². The van der Waals surface area contributed by atoms with Gasteiger partial charge in [0.05, 0.1) is 4.92 Å². The highest BCUT2D eigenvalue weighted by Crippen LogP contribution is 2.23. The number of benzene rings is 2. The molecular weight excluding hydrogens is 282 g/mol. The summed E-state index contributed by atoms with van der Waals surface area (Å²) in [7, 11) is 0. The van der Waals surface area contributed by atoms with E-state index in [0.717, 1.165) is 0 Å². The van der Waals surface area contributed by atoms with Crippen LogP contribution in [0.3, 0.4) is 0 Å². The summed E-state index contributed by atoms with van der Waals surface area (Å²) < 4.78 is 5.47. The molecule has 0 radical (unpaired) electrons. The Hall–Kier alpha value is -3.33. The van der Waals surface area contributed by atoms with Gasteiger partial charge in [0.1, 0.15) is 17.9 Å². The van der Waals surface area contributed by atoms with Crippen molar-refractivity contribution in [2.24, 2.45) is 0 Å². The SMILES string of the molecule is C=CCOc1ccccc1C#[N+][N-]c1ccc([N+](=O)[O-])cc1. The van der Waals surface area contributed by atoms with Crippen LogP contribution in [-0.4, -0.2) is 11.5 Å². The van der Waals surface area contributed by atoms with Gasteiger partial charge in [-0.25, -0.2) is 0 Å². The Morgan fingerprint density at radius 3 is 2.68 bits per heavy atom. The summed E-state index contributed by atoms with van der Waals surface area (Å²) in [6.07, 6.45) is 1.65. The molecule has 0 saturated carbocycles. The zero-order valence-corrected chi connectivity index (χ0v) is 11.7. The molecule has 0 aromatic heterocycles. The van der Waals surface area contributed by atoms with E-state index in [-0.39, 0.29) is 5.69 Å². The van der Waals surface area contributed by atoms with Crippen molar-refractivity contribution in [2.45, 2.75) is 0 Å². The van der Waals surface area contributed by atoms with Gasteiger partial charge in [0.15, 0.2) is 0 Å². The number of nitro benzene ring substituents is 1. The van der Waals surface area contributed by atoms with Crippen molar-refractivity contribution in [2.75, 3.05) is 6.61 Å². The largest absolute Gasteiger partial charge is 0.488 e. The third-order valence-corrected chi connectivity index (χ3v) is 2.64. The first-order valence-corrected chi connectivity index (χ1v) is 6.44. The van der Waals surface area contributed by atoms with E-state index in [9.17, 15) is 10.1 Å². The predicted octanol–water partition coefficient (Wildman–Crippen LogP) is 4.46. The van der Waals surface area contributed by atoms with Crippen molar-refractivity contribution in [3.8, 4) is 11.8 Å². The smallest absolute Gasteiger partial charge is 0.313 e. The molecule has 0 heterocycles. The zero-order valence-electron chi connectivity index (χ0n) is 11.7. The molecule has 6 heteroatoms. The van der Waals surface area contributed by atoms with Crippen LogP contribution in [0, 0.1) is 16.2 Å². The van der Waals surface area contributed by atoms with Crippen molar-refractivity contribution in [3.05, 3.63) is 87.2 Å². The van der Waals surface area contributed by atoms with Crippen LogP contribution in [0.2, 0.25) is 0 Å². The maximum atomic E-state index is 10.6. The number of para-hydroxylation sites is 1.